The summed E-state index contributed by atoms with van der Waals surface area (Å²) in [5, 5.41) is 14.3. The van der Waals surface area contributed by atoms with Crippen LogP contribution in [0.5, 0.6) is 0 Å². The zero-order valence-corrected chi connectivity index (χ0v) is 22.2. The number of fused-ring (bicyclic) bond motifs is 1. The van der Waals surface area contributed by atoms with Gasteiger partial charge >= 0.3 is 0 Å². The lowest BCUT2D eigenvalue weighted by Gasteiger charge is -2.35. The van der Waals surface area contributed by atoms with E-state index in [9.17, 15) is 4.79 Å². The van der Waals surface area contributed by atoms with Gasteiger partial charge in [0.25, 0.3) is 5.56 Å². The normalized spacial score (nSPS) is 15.6. The molecular weight excluding hydrogens is 460 g/mol. The fourth-order valence-electron chi connectivity index (χ4n) is 5.79. The third-order valence-electron chi connectivity index (χ3n) is 7.71. The van der Waals surface area contributed by atoms with Crippen molar-refractivity contribution < 1.29 is 0 Å². The van der Waals surface area contributed by atoms with Gasteiger partial charge in [0.2, 0.25) is 0 Å². The molecule has 1 aliphatic carbocycles. The van der Waals surface area contributed by atoms with Crippen LogP contribution in [0.15, 0.2) is 59.4 Å². The first-order valence-electron chi connectivity index (χ1n) is 13.7. The summed E-state index contributed by atoms with van der Waals surface area (Å²) < 4.78 is 2.09. The van der Waals surface area contributed by atoms with Crippen molar-refractivity contribution in [2.75, 3.05) is 6.54 Å². The van der Waals surface area contributed by atoms with Crippen molar-refractivity contribution in [3.63, 3.8) is 0 Å². The number of aryl methyl sites for hydroxylation is 1. The fourth-order valence-corrected chi connectivity index (χ4v) is 5.79. The van der Waals surface area contributed by atoms with Gasteiger partial charge in [0.15, 0.2) is 5.82 Å². The number of tetrazole rings is 1. The topological polar surface area (TPSA) is 79.7 Å². The number of hydrogen-bond donors (Lipinski definition) is 1. The van der Waals surface area contributed by atoms with E-state index in [-0.39, 0.29) is 17.5 Å². The number of nitrogens with one attached hydrogen (secondary N) is 1. The summed E-state index contributed by atoms with van der Waals surface area (Å²) in [5.74, 6) is 1.19. The van der Waals surface area contributed by atoms with E-state index in [1.165, 1.54) is 24.8 Å². The minimum absolute atomic E-state index is 0.00578. The number of pyridine rings is 1. The molecular formula is C30H38N6O. The fraction of sp³-hybridized carbons (Fsp3) is 0.467. The van der Waals surface area contributed by atoms with Gasteiger partial charge in [-0.1, -0.05) is 75.6 Å². The average molecular weight is 499 g/mol. The summed E-state index contributed by atoms with van der Waals surface area (Å²) in [6.07, 6.45) is 6.86. The Morgan fingerprint density at radius 1 is 1.05 bits per heavy atom. The number of rotatable bonds is 9. The van der Waals surface area contributed by atoms with Crippen LogP contribution >= 0.6 is 0 Å². The van der Waals surface area contributed by atoms with E-state index in [1.807, 2.05) is 25.1 Å². The van der Waals surface area contributed by atoms with Gasteiger partial charge < -0.3 is 4.98 Å². The van der Waals surface area contributed by atoms with E-state index in [0.29, 0.717) is 12.6 Å². The quantitative estimate of drug-likeness (QED) is 0.317. The van der Waals surface area contributed by atoms with E-state index < -0.39 is 0 Å². The molecule has 1 atom stereocenters. The summed E-state index contributed by atoms with van der Waals surface area (Å²) in [5.41, 5.74) is 4.04. The third kappa shape index (κ3) is 5.82. The molecule has 1 N–H and O–H groups in total. The SMILES string of the molecule is Cc1ccc2cc(CN(CCc3ccccc3)[C@H](c3nnnn3C3CCCCC3)C(C)C)c(=O)[nH]c2c1. The van der Waals surface area contributed by atoms with Crippen molar-refractivity contribution in [1.82, 2.24) is 30.1 Å². The molecule has 0 saturated heterocycles. The molecule has 2 heterocycles. The lowest BCUT2D eigenvalue weighted by molar-refractivity contribution is 0.131. The second-order valence-electron chi connectivity index (χ2n) is 10.9. The number of benzene rings is 2. The smallest absolute Gasteiger partial charge is 0.252 e. The molecule has 0 amide bonds. The van der Waals surface area contributed by atoms with E-state index in [1.54, 1.807) is 0 Å². The molecule has 1 fully saturated rings. The van der Waals surface area contributed by atoms with Crippen LogP contribution in [0.2, 0.25) is 0 Å². The van der Waals surface area contributed by atoms with Gasteiger partial charge in [0.05, 0.1) is 12.1 Å². The van der Waals surface area contributed by atoms with Gasteiger partial charge in [-0.05, 0) is 71.2 Å². The Morgan fingerprint density at radius 2 is 1.84 bits per heavy atom. The summed E-state index contributed by atoms with van der Waals surface area (Å²) >= 11 is 0. The number of nitrogens with zero attached hydrogens (tertiary/aromatic N) is 5. The Labute approximate surface area is 218 Å². The lowest BCUT2D eigenvalue weighted by atomic mass is 9.94. The van der Waals surface area contributed by atoms with Crippen LogP contribution in [0.4, 0.5) is 0 Å². The Bertz CT molecular complexity index is 1370. The first kappa shape index (κ1) is 25.3. The first-order chi connectivity index (χ1) is 18.0. The van der Waals surface area contributed by atoms with Crippen molar-refractivity contribution in [3.8, 4) is 0 Å². The minimum Gasteiger partial charge on any atom is -0.322 e. The molecule has 0 unspecified atom stereocenters. The Balaban J connectivity index is 1.51. The van der Waals surface area contributed by atoms with Gasteiger partial charge in [0, 0.05) is 24.2 Å². The Hall–Kier alpha value is -3.32. The van der Waals surface area contributed by atoms with Crippen molar-refractivity contribution >= 4 is 10.9 Å². The second kappa shape index (κ2) is 11.4. The molecule has 0 bridgehead atoms. The first-order valence-corrected chi connectivity index (χ1v) is 13.7. The van der Waals surface area contributed by atoms with Gasteiger partial charge in [-0.3, -0.25) is 9.69 Å². The van der Waals surface area contributed by atoms with Gasteiger partial charge in [-0.25, -0.2) is 4.68 Å². The number of hydrogen-bond acceptors (Lipinski definition) is 5. The number of H-pyrrole nitrogens is 1. The van der Waals surface area contributed by atoms with Crippen LogP contribution in [0.1, 0.15) is 80.6 Å². The van der Waals surface area contributed by atoms with Crippen LogP contribution in [0.3, 0.4) is 0 Å². The number of aromatic amines is 1. The third-order valence-corrected chi connectivity index (χ3v) is 7.71. The van der Waals surface area contributed by atoms with Gasteiger partial charge in [-0.15, -0.1) is 5.10 Å². The molecule has 194 valence electrons. The highest BCUT2D eigenvalue weighted by molar-refractivity contribution is 5.79. The predicted octanol–water partition coefficient (Wildman–Crippen LogP) is 5.77. The van der Waals surface area contributed by atoms with Crippen LogP contribution in [-0.4, -0.2) is 36.6 Å². The highest BCUT2D eigenvalue weighted by atomic mass is 16.1. The summed E-state index contributed by atoms with van der Waals surface area (Å²) in [7, 11) is 0. The predicted molar refractivity (Wildman–Crippen MR) is 147 cm³/mol. The average Bonchev–Trinajstić information content (AvgIpc) is 3.38. The molecule has 7 heteroatoms. The van der Waals surface area contributed by atoms with Crippen molar-refractivity contribution in [1.29, 1.82) is 0 Å². The van der Waals surface area contributed by atoms with Crippen molar-refractivity contribution in [2.24, 2.45) is 5.92 Å². The Morgan fingerprint density at radius 3 is 2.59 bits per heavy atom. The van der Waals surface area contributed by atoms with Crippen LogP contribution < -0.4 is 5.56 Å². The van der Waals surface area contributed by atoms with Crippen LogP contribution in [0.25, 0.3) is 10.9 Å². The highest BCUT2D eigenvalue weighted by Gasteiger charge is 2.32. The maximum Gasteiger partial charge on any atom is 0.252 e. The van der Waals surface area contributed by atoms with Gasteiger partial charge in [-0.2, -0.15) is 0 Å². The maximum atomic E-state index is 13.2. The van der Waals surface area contributed by atoms with E-state index in [0.717, 1.165) is 53.7 Å². The van der Waals surface area contributed by atoms with Crippen LogP contribution in [0, 0.1) is 12.8 Å². The molecule has 0 radical (unpaired) electrons. The number of aromatic nitrogens is 5. The molecule has 1 aliphatic rings. The van der Waals surface area contributed by atoms with E-state index in [4.69, 9.17) is 0 Å². The summed E-state index contributed by atoms with van der Waals surface area (Å²) in [4.78, 5) is 18.7. The highest BCUT2D eigenvalue weighted by Crippen LogP contribution is 2.34. The van der Waals surface area contributed by atoms with E-state index >= 15 is 0 Å². The largest absolute Gasteiger partial charge is 0.322 e. The zero-order valence-electron chi connectivity index (χ0n) is 22.2. The molecule has 1 saturated carbocycles. The molecule has 0 aliphatic heterocycles. The molecule has 5 rings (SSSR count). The summed E-state index contributed by atoms with van der Waals surface area (Å²) in [6.45, 7) is 7.84. The van der Waals surface area contributed by atoms with Crippen LogP contribution in [-0.2, 0) is 13.0 Å². The monoisotopic (exact) mass is 498 g/mol. The van der Waals surface area contributed by atoms with Crippen molar-refractivity contribution in [3.05, 3.63) is 87.5 Å². The molecule has 2 aromatic heterocycles. The van der Waals surface area contributed by atoms with Gasteiger partial charge in [0.1, 0.15) is 0 Å². The zero-order chi connectivity index (χ0) is 25.8. The second-order valence-corrected chi connectivity index (χ2v) is 10.9. The minimum atomic E-state index is -0.0304. The molecule has 2 aromatic carbocycles. The molecule has 0 spiro atoms. The lowest BCUT2D eigenvalue weighted by Crippen LogP contribution is -2.37. The van der Waals surface area contributed by atoms with Crippen molar-refractivity contribution in [2.45, 2.75) is 77.9 Å². The molecule has 7 nitrogen and oxygen atoms in total. The molecule has 37 heavy (non-hydrogen) atoms. The Kier molecular flexibility index (Phi) is 7.79. The summed E-state index contributed by atoms with van der Waals surface area (Å²) in [6, 6.07) is 19.1. The van der Waals surface area contributed by atoms with E-state index in [2.05, 4.69) is 80.3 Å². The maximum absolute atomic E-state index is 13.2. The standard InChI is InChI=1S/C30H38N6O/c1-21(2)28(29-32-33-34-36(29)26-12-8-5-9-13-26)35(17-16-23-10-6-4-7-11-23)20-25-19-24-15-14-22(3)18-27(24)31-30(25)37/h4,6-7,10-11,14-15,18-19,21,26,28H,5,8-9,12-13,16-17,20H2,1-3H3,(H,31,37)/t28-/m0/s1. The molecule has 4 aromatic rings.